The van der Waals surface area contributed by atoms with Crippen LogP contribution in [0.5, 0.6) is 0 Å². The summed E-state index contributed by atoms with van der Waals surface area (Å²) >= 11 is 3.35. The van der Waals surface area contributed by atoms with Crippen LogP contribution >= 0.6 is 24.5 Å². The van der Waals surface area contributed by atoms with Crippen LogP contribution in [-0.4, -0.2) is 21.7 Å². The average Bonchev–Trinajstić information content (AvgIpc) is 2.00. The molecule has 0 radical (unpaired) electrons. The van der Waals surface area contributed by atoms with Crippen LogP contribution in [-0.2, 0) is 4.52 Å². The van der Waals surface area contributed by atoms with Gasteiger partial charge in [-0.15, -0.1) is 0 Å². The minimum atomic E-state index is -2.20. The van der Waals surface area contributed by atoms with Crippen LogP contribution in [0.2, 0.25) is 0 Å². The highest BCUT2D eigenvalue weighted by Crippen LogP contribution is 2.31. The summed E-state index contributed by atoms with van der Waals surface area (Å²) in [5.74, 6) is 0. The van der Waals surface area contributed by atoms with E-state index in [1.165, 1.54) is 0 Å². The lowest BCUT2D eigenvalue weighted by molar-refractivity contribution is 0.159. The van der Waals surface area contributed by atoms with Gasteiger partial charge in [0.15, 0.2) is 0 Å². The van der Waals surface area contributed by atoms with Crippen LogP contribution < -0.4 is 0 Å². The standard InChI is InChI=1S/C6H14BrO3P/c1-3-6(2,4-7)5-10-11(8)9/h8-9H,3-5H2,1-2H3. The lowest BCUT2D eigenvalue weighted by Gasteiger charge is -2.24. The smallest absolute Gasteiger partial charge is 0.327 e. The summed E-state index contributed by atoms with van der Waals surface area (Å²) in [5, 5.41) is 0.805. The van der Waals surface area contributed by atoms with Crippen LogP contribution in [0.1, 0.15) is 20.3 Å². The van der Waals surface area contributed by atoms with E-state index in [0.29, 0.717) is 6.61 Å². The van der Waals surface area contributed by atoms with Crippen LogP contribution in [0.25, 0.3) is 0 Å². The van der Waals surface area contributed by atoms with Gasteiger partial charge in [0.25, 0.3) is 0 Å². The number of hydrogen-bond donors (Lipinski definition) is 2. The third-order valence-electron chi connectivity index (χ3n) is 1.70. The molecular weight excluding hydrogens is 231 g/mol. The fourth-order valence-corrected chi connectivity index (χ4v) is 1.43. The Balaban J connectivity index is 3.69. The molecule has 1 unspecified atom stereocenters. The lowest BCUT2D eigenvalue weighted by atomic mass is 9.92. The summed E-state index contributed by atoms with van der Waals surface area (Å²) < 4.78 is 4.73. The molecular formula is C6H14BrO3P. The van der Waals surface area contributed by atoms with E-state index in [4.69, 9.17) is 14.3 Å². The molecule has 0 aliphatic heterocycles. The summed E-state index contributed by atoms with van der Waals surface area (Å²) in [5.41, 5.74) is 0.00600. The van der Waals surface area contributed by atoms with Gasteiger partial charge in [-0.05, 0) is 6.42 Å². The third kappa shape index (κ3) is 5.10. The van der Waals surface area contributed by atoms with Crippen molar-refractivity contribution in [1.29, 1.82) is 0 Å². The summed E-state index contributed by atoms with van der Waals surface area (Å²) in [6.45, 7) is 4.45. The fraction of sp³-hybridized carbons (Fsp3) is 1.00. The average molecular weight is 245 g/mol. The first-order valence-electron chi connectivity index (χ1n) is 3.41. The number of hydrogen-bond acceptors (Lipinski definition) is 3. The predicted octanol–water partition coefficient (Wildman–Crippen LogP) is 2.03. The van der Waals surface area contributed by atoms with Gasteiger partial charge in [-0.25, -0.2) is 0 Å². The molecule has 0 saturated carbocycles. The third-order valence-corrected chi connectivity index (χ3v) is 3.42. The SMILES string of the molecule is CCC(C)(CBr)COP(O)O. The maximum atomic E-state index is 8.49. The number of alkyl halides is 1. The second-order valence-corrected chi connectivity index (χ2v) is 4.15. The second kappa shape index (κ2) is 5.44. The van der Waals surface area contributed by atoms with Crippen LogP contribution in [0.15, 0.2) is 0 Å². The molecule has 68 valence electrons. The van der Waals surface area contributed by atoms with Gasteiger partial charge < -0.3 is 14.3 Å². The predicted molar refractivity (Wildman–Crippen MR) is 49.5 cm³/mol. The monoisotopic (exact) mass is 244 g/mol. The first kappa shape index (κ1) is 11.8. The Bertz CT molecular complexity index is 106. The van der Waals surface area contributed by atoms with Gasteiger partial charge in [0.1, 0.15) is 0 Å². The molecule has 0 aromatic heterocycles. The van der Waals surface area contributed by atoms with Gasteiger partial charge in [-0.1, -0.05) is 29.8 Å². The Kier molecular flexibility index (Phi) is 5.83. The van der Waals surface area contributed by atoms with Crippen molar-refractivity contribution < 1.29 is 14.3 Å². The molecule has 0 aliphatic rings. The van der Waals surface area contributed by atoms with E-state index in [1.807, 2.05) is 13.8 Å². The van der Waals surface area contributed by atoms with Crippen molar-refractivity contribution >= 4 is 24.5 Å². The molecule has 0 aliphatic carbocycles. The highest BCUT2D eigenvalue weighted by Gasteiger charge is 2.22. The van der Waals surface area contributed by atoms with Crippen LogP contribution in [0, 0.1) is 5.41 Å². The lowest BCUT2D eigenvalue weighted by Crippen LogP contribution is -2.23. The molecule has 0 aromatic rings. The van der Waals surface area contributed by atoms with E-state index >= 15 is 0 Å². The van der Waals surface area contributed by atoms with E-state index in [9.17, 15) is 0 Å². The van der Waals surface area contributed by atoms with Crippen molar-refractivity contribution in [2.24, 2.45) is 5.41 Å². The molecule has 1 atom stereocenters. The summed E-state index contributed by atoms with van der Waals surface area (Å²) in [6, 6.07) is 0. The zero-order valence-corrected chi connectivity index (χ0v) is 9.23. The van der Waals surface area contributed by atoms with Crippen molar-refractivity contribution in [3.05, 3.63) is 0 Å². The molecule has 5 heteroatoms. The van der Waals surface area contributed by atoms with E-state index in [-0.39, 0.29) is 5.41 Å². The van der Waals surface area contributed by atoms with E-state index < -0.39 is 8.60 Å². The van der Waals surface area contributed by atoms with Crippen LogP contribution in [0.4, 0.5) is 0 Å². The van der Waals surface area contributed by atoms with Gasteiger partial charge in [0.2, 0.25) is 0 Å². The maximum Gasteiger partial charge on any atom is 0.327 e. The topological polar surface area (TPSA) is 49.7 Å². The Hall–Kier alpha value is 0.790. The van der Waals surface area contributed by atoms with Crippen molar-refractivity contribution in [3.63, 3.8) is 0 Å². The summed E-state index contributed by atoms with van der Waals surface area (Å²) in [6.07, 6.45) is 0.946. The van der Waals surface area contributed by atoms with Gasteiger partial charge in [0, 0.05) is 10.7 Å². The van der Waals surface area contributed by atoms with E-state index in [2.05, 4.69) is 15.9 Å². The zero-order chi connectivity index (χ0) is 8.91. The summed E-state index contributed by atoms with van der Waals surface area (Å²) in [4.78, 5) is 17.0. The molecule has 0 amide bonds. The summed E-state index contributed by atoms with van der Waals surface area (Å²) in [7, 11) is -2.20. The Morgan fingerprint density at radius 2 is 2.09 bits per heavy atom. The second-order valence-electron chi connectivity index (χ2n) is 2.82. The van der Waals surface area contributed by atoms with Crippen molar-refractivity contribution in [2.45, 2.75) is 20.3 Å². The normalized spacial score (nSPS) is 16.9. The highest BCUT2D eigenvalue weighted by molar-refractivity contribution is 9.09. The largest absolute Gasteiger partial charge is 0.328 e. The Labute approximate surface area is 76.9 Å². The molecule has 0 spiro atoms. The molecule has 0 aromatic carbocycles. The van der Waals surface area contributed by atoms with Gasteiger partial charge in [-0.2, -0.15) is 0 Å². The van der Waals surface area contributed by atoms with Gasteiger partial charge >= 0.3 is 8.60 Å². The van der Waals surface area contributed by atoms with E-state index in [1.54, 1.807) is 0 Å². The fourth-order valence-electron chi connectivity index (χ4n) is 0.449. The molecule has 0 rings (SSSR count). The first-order valence-corrected chi connectivity index (χ1v) is 5.69. The molecule has 0 saturated heterocycles. The van der Waals surface area contributed by atoms with E-state index in [0.717, 1.165) is 11.8 Å². The molecule has 0 fully saturated rings. The molecule has 2 N–H and O–H groups in total. The van der Waals surface area contributed by atoms with Crippen LogP contribution in [0.3, 0.4) is 0 Å². The van der Waals surface area contributed by atoms with Crippen molar-refractivity contribution in [3.8, 4) is 0 Å². The zero-order valence-electron chi connectivity index (χ0n) is 6.75. The maximum absolute atomic E-state index is 8.49. The Morgan fingerprint density at radius 1 is 1.55 bits per heavy atom. The van der Waals surface area contributed by atoms with Gasteiger partial charge in [-0.3, -0.25) is 0 Å². The van der Waals surface area contributed by atoms with Crippen molar-refractivity contribution in [2.75, 3.05) is 11.9 Å². The van der Waals surface area contributed by atoms with Gasteiger partial charge in [0.05, 0.1) is 6.61 Å². The molecule has 0 bridgehead atoms. The number of rotatable bonds is 5. The molecule has 3 nitrogen and oxygen atoms in total. The first-order chi connectivity index (χ1) is 5.04. The minimum absolute atomic E-state index is 0.00600. The van der Waals surface area contributed by atoms with Crippen molar-refractivity contribution in [1.82, 2.24) is 0 Å². The molecule has 0 heterocycles. The number of halogens is 1. The Morgan fingerprint density at radius 3 is 2.36 bits per heavy atom. The highest BCUT2D eigenvalue weighted by atomic mass is 79.9. The minimum Gasteiger partial charge on any atom is -0.328 e. The quantitative estimate of drug-likeness (QED) is 0.575. The molecule has 11 heavy (non-hydrogen) atoms.